The third-order valence-electron chi connectivity index (χ3n) is 1.66. The lowest BCUT2D eigenvalue weighted by molar-refractivity contribution is -0.142. The highest BCUT2D eigenvalue weighted by atomic mass is 16.5. The Balaban J connectivity index is 2.58. The van der Waals surface area contributed by atoms with Crippen LogP contribution >= 0.6 is 0 Å². The summed E-state index contributed by atoms with van der Waals surface area (Å²) in [5, 5.41) is 13.4. The number of aryl methyl sites for hydroxylation is 1. The molecule has 1 rings (SSSR count). The Kier molecular flexibility index (Phi) is 3.02. The number of carbonyl (C=O) groups excluding carboxylic acids is 1. The van der Waals surface area contributed by atoms with Crippen LogP contribution in [0.3, 0.4) is 0 Å². The molecule has 0 bridgehead atoms. The third-order valence-corrected chi connectivity index (χ3v) is 1.66. The first kappa shape index (κ1) is 9.73. The summed E-state index contributed by atoms with van der Waals surface area (Å²) in [6.45, 7) is 0. The van der Waals surface area contributed by atoms with Crippen molar-refractivity contribution in [3.8, 4) is 0 Å². The predicted molar refractivity (Wildman–Crippen MR) is 44.8 cm³/mol. The Morgan fingerprint density at radius 2 is 2.54 bits per heavy atom. The van der Waals surface area contributed by atoms with E-state index in [4.69, 9.17) is 0 Å². The first-order valence-electron chi connectivity index (χ1n) is 3.88. The largest absolute Gasteiger partial charge is 0.469 e. The van der Waals surface area contributed by atoms with Crippen LogP contribution in [0.15, 0.2) is 12.3 Å². The summed E-state index contributed by atoms with van der Waals surface area (Å²) in [5.41, 5.74) is 0.480. The van der Waals surface area contributed by atoms with Crippen LogP contribution in [0.4, 0.5) is 0 Å². The number of aliphatic hydroxyl groups is 1. The van der Waals surface area contributed by atoms with E-state index in [0.29, 0.717) is 5.69 Å². The maximum absolute atomic E-state index is 10.8. The number of aliphatic hydroxyl groups excluding tert-OH is 1. The molecule has 1 heterocycles. The van der Waals surface area contributed by atoms with Crippen LogP contribution in [0.1, 0.15) is 18.2 Å². The van der Waals surface area contributed by atoms with Crippen molar-refractivity contribution in [2.45, 2.75) is 12.5 Å². The molecule has 0 spiro atoms. The minimum absolute atomic E-state index is 0.0620. The molecule has 1 aromatic rings. The van der Waals surface area contributed by atoms with Gasteiger partial charge < -0.3 is 9.84 Å². The monoisotopic (exact) mass is 184 g/mol. The Hall–Kier alpha value is -1.36. The van der Waals surface area contributed by atoms with E-state index in [1.54, 1.807) is 24.0 Å². The highest BCUT2D eigenvalue weighted by molar-refractivity contribution is 5.69. The molecular weight excluding hydrogens is 172 g/mol. The van der Waals surface area contributed by atoms with E-state index < -0.39 is 12.1 Å². The minimum Gasteiger partial charge on any atom is -0.469 e. The van der Waals surface area contributed by atoms with E-state index >= 15 is 0 Å². The van der Waals surface area contributed by atoms with Crippen LogP contribution in [0.2, 0.25) is 0 Å². The van der Waals surface area contributed by atoms with Crippen molar-refractivity contribution in [3.05, 3.63) is 18.0 Å². The SMILES string of the molecule is COC(=O)C[C@@H](O)c1ccn(C)n1. The van der Waals surface area contributed by atoms with Crippen molar-refractivity contribution in [3.63, 3.8) is 0 Å². The summed E-state index contributed by atoms with van der Waals surface area (Å²) >= 11 is 0. The van der Waals surface area contributed by atoms with E-state index in [9.17, 15) is 9.90 Å². The van der Waals surface area contributed by atoms with Gasteiger partial charge in [-0.05, 0) is 6.07 Å². The summed E-state index contributed by atoms with van der Waals surface area (Å²) in [7, 11) is 3.03. The third kappa shape index (κ3) is 2.55. The van der Waals surface area contributed by atoms with Crippen molar-refractivity contribution >= 4 is 5.97 Å². The molecular formula is C8H12N2O3. The number of carbonyl (C=O) groups is 1. The second-order valence-corrected chi connectivity index (χ2v) is 2.71. The standard InChI is InChI=1S/C8H12N2O3/c1-10-4-3-6(9-10)7(11)5-8(12)13-2/h3-4,7,11H,5H2,1-2H3/t7-/m1/s1. The number of methoxy groups -OCH3 is 1. The number of ether oxygens (including phenoxy) is 1. The second kappa shape index (κ2) is 4.04. The van der Waals surface area contributed by atoms with E-state index in [2.05, 4.69) is 9.84 Å². The average Bonchev–Trinajstić information content (AvgIpc) is 2.51. The van der Waals surface area contributed by atoms with Crippen molar-refractivity contribution in [1.29, 1.82) is 0 Å². The molecule has 5 nitrogen and oxygen atoms in total. The van der Waals surface area contributed by atoms with Gasteiger partial charge in [0.2, 0.25) is 0 Å². The fraction of sp³-hybridized carbons (Fsp3) is 0.500. The Labute approximate surface area is 75.9 Å². The van der Waals surface area contributed by atoms with E-state index in [-0.39, 0.29) is 6.42 Å². The molecule has 5 heteroatoms. The fourth-order valence-electron chi connectivity index (χ4n) is 0.957. The summed E-state index contributed by atoms with van der Waals surface area (Å²) < 4.78 is 5.98. The van der Waals surface area contributed by atoms with Crippen molar-refractivity contribution < 1.29 is 14.6 Å². The highest BCUT2D eigenvalue weighted by Gasteiger charge is 2.15. The fourth-order valence-corrected chi connectivity index (χ4v) is 0.957. The zero-order chi connectivity index (χ0) is 9.84. The maximum atomic E-state index is 10.8. The van der Waals surface area contributed by atoms with Gasteiger partial charge in [0.1, 0.15) is 6.10 Å². The van der Waals surface area contributed by atoms with Gasteiger partial charge in [-0.25, -0.2) is 0 Å². The van der Waals surface area contributed by atoms with Crippen LogP contribution in [-0.2, 0) is 16.6 Å². The van der Waals surface area contributed by atoms with Gasteiger partial charge in [0.05, 0.1) is 19.2 Å². The number of nitrogens with zero attached hydrogens (tertiary/aromatic N) is 2. The molecule has 1 aromatic heterocycles. The zero-order valence-electron chi connectivity index (χ0n) is 7.60. The molecule has 72 valence electrons. The summed E-state index contributed by atoms with van der Waals surface area (Å²) in [6, 6.07) is 1.66. The minimum atomic E-state index is -0.881. The Morgan fingerprint density at radius 3 is 3.00 bits per heavy atom. The number of rotatable bonds is 3. The second-order valence-electron chi connectivity index (χ2n) is 2.71. The molecule has 13 heavy (non-hydrogen) atoms. The summed E-state index contributed by atoms with van der Waals surface area (Å²) in [6.07, 6.45) is 0.761. The highest BCUT2D eigenvalue weighted by Crippen LogP contribution is 2.13. The molecule has 0 radical (unpaired) electrons. The molecule has 0 saturated carbocycles. The average molecular weight is 184 g/mol. The van der Waals surface area contributed by atoms with Crippen LogP contribution < -0.4 is 0 Å². The zero-order valence-corrected chi connectivity index (χ0v) is 7.60. The number of aromatic nitrogens is 2. The summed E-state index contributed by atoms with van der Waals surface area (Å²) in [5.74, 6) is -0.446. The number of hydrogen-bond acceptors (Lipinski definition) is 4. The molecule has 0 aliphatic rings. The van der Waals surface area contributed by atoms with Gasteiger partial charge in [-0.3, -0.25) is 9.48 Å². The Morgan fingerprint density at radius 1 is 1.85 bits per heavy atom. The lowest BCUT2D eigenvalue weighted by Crippen LogP contribution is -2.08. The van der Waals surface area contributed by atoms with E-state index in [1.807, 2.05) is 0 Å². The quantitative estimate of drug-likeness (QED) is 0.672. The van der Waals surface area contributed by atoms with Gasteiger partial charge in [-0.15, -0.1) is 0 Å². The van der Waals surface area contributed by atoms with Crippen LogP contribution in [0.25, 0.3) is 0 Å². The van der Waals surface area contributed by atoms with Crippen molar-refractivity contribution in [1.82, 2.24) is 9.78 Å². The first-order valence-corrected chi connectivity index (χ1v) is 3.88. The van der Waals surface area contributed by atoms with E-state index in [1.165, 1.54) is 7.11 Å². The molecule has 1 N–H and O–H groups in total. The van der Waals surface area contributed by atoms with Crippen LogP contribution in [0, 0.1) is 0 Å². The van der Waals surface area contributed by atoms with Crippen LogP contribution in [-0.4, -0.2) is 28.0 Å². The smallest absolute Gasteiger partial charge is 0.308 e. The van der Waals surface area contributed by atoms with Crippen LogP contribution in [0.5, 0.6) is 0 Å². The van der Waals surface area contributed by atoms with Gasteiger partial charge in [-0.2, -0.15) is 5.10 Å². The van der Waals surface area contributed by atoms with Crippen molar-refractivity contribution in [2.24, 2.45) is 7.05 Å². The maximum Gasteiger partial charge on any atom is 0.308 e. The molecule has 0 aliphatic heterocycles. The predicted octanol–water partition coefficient (Wildman–Crippen LogP) is 0.0166. The summed E-state index contributed by atoms with van der Waals surface area (Å²) in [4.78, 5) is 10.8. The Bertz CT molecular complexity index is 295. The van der Waals surface area contributed by atoms with Gasteiger partial charge >= 0.3 is 5.97 Å². The van der Waals surface area contributed by atoms with E-state index in [0.717, 1.165) is 0 Å². The molecule has 0 amide bonds. The normalized spacial score (nSPS) is 12.5. The number of esters is 1. The lowest BCUT2D eigenvalue weighted by Gasteiger charge is -2.04. The van der Waals surface area contributed by atoms with Gasteiger partial charge in [0.25, 0.3) is 0 Å². The molecule has 0 fully saturated rings. The topological polar surface area (TPSA) is 64.3 Å². The van der Waals surface area contributed by atoms with Gasteiger partial charge in [0.15, 0.2) is 0 Å². The van der Waals surface area contributed by atoms with Gasteiger partial charge in [-0.1, -0.05) is 0 Å². The molecule has 1 atom stereocenters. The molecule has 0 unspecified atom stereocenters. The molecule has 0 aromatic carbocycles. The first-order chi connectivity index (χ1) is 6.13. The molecule has 0 aliphatic carbocycles. The van der Waals surface area contributed by atoms with Crippen molar-refractivity contribution in [2.75, 3.05) is 7.11 Å². The van der Waals surface area contributed by atoms with Gasteiger partial charge in [0, 0.05) is 13.2 Å². The lowest BCUT2D eigenvalue weighted by atomic mass is 10.2. The number of hydrogen-bond donors (Lipinski definition) is 1. The molecule has 0 saturated heterocycles.